The summed E-state index contributed by atoms with van der Waals surface area (Å²) in [5.41, 5.74) is 1.01. The van der Waals surface area contributed by atoms with Gasteiger partial charge in [0.25, 0.3) is 0 Å². The van der Waals surface area contributed by atoms with Crippen molar-refractivity contribution in [1.29, 1.82) is 0 Å². The van der Waals surface area contributed by atoms with Gasteiger partial charge in [0, 0.05) is 32.7 Å². The van der Waals surface area contributed by atoms with Crippen molar-refractivity contribution >= 4 is 11.6 Å². The molecule has 5 nitrogen and oxygen atoms in total. The van der Waals surface area contributed by atoms with Gasteiger partial charge in [0.1, 0.15) is 5.75 Å². The second-order valence-corrected chi connectivity index (χ2v) is 7.68. The fraction of sp³-hybridized carbons (Fsp3) is 0.650. The van der Waals surface area contributed by atoms with Crippen LogP contribution in [0.3, 0.4) is 0 Å². The number of methoxy groups -OCH3 is 1. The lowest BCUT2D eigenvalue weighted by molar-refractivity contribution is -0.145. The molecule has 1 aromatic carbocycles. The van der Waals surface area contributed by atoms with Gasteiger partial charge in [-0.2, -0.15) is 0 Å². The van der Waals surface area contributed by atoms with Crippen LogP contribution in [0.5, 0.6) is 5.75 Å². The highest BCUT2D eigenvalue weighted by Crippen LogP contribution is 2.45. The summed E-state index contributed by atoms with van der Waals surface area (Å²) in [5, 5.41) is 3.50. The van der Waals surface area contributed by atoms with E-state index < -0.39 is 0 Å². The molecule has 1 saturated carbocycles. The molecule has 1 aliphatic carbocycles. The van der Waals surface area contributed by atoms with Crippen LogP contribution >= 0.6 is 0 Å². The summed E-state index contributed by atoms with van der Waals surface area (Å²) in [7, 11) is 1.72. The predicted molar refractivity (Wildman–Crippen MR) is 99.0 cm³/mol. The molecule has 25 heavy (non-hydrogen) atoms. The van der Waals surface area contributed by atoms with Crippen LogP contribution in [0.2, 0.25) is 0 Å². The number of hydrogen-bond acceptors (Lipinski definition) is 4. The lowest BCUT2D eigenvalue weighted by Crippen LogP contribution is -2.56. The first-order chi connectivity index (χ1) is 12.2. The number of ether oxygens (including phenoxy) is 1. The molecule has 0 spiro atoms. The Balaban J connectivity index is 1.44. The highest BCUT2D eigenvalue weighted by atomic mass is 16.5. The number of fused-ring (bicyclic) bond motifs is 1. The van der Waals surface area contributed by atoms with E-state index in [-0.39, 0.29) is 5.41 Å². The number of piperazine rings is 1. The van der Waals surface area contributed by atoms with Gasteiger partial charge in [0.05, 0.1) is 18.2 Å². The van der Waals surface area contributed by atoms with Gasteiger partial charge in [0.2, 0.25) is 5.91 Å². The summed E-state index contributed by atoms with van der Waals surface area (Å²) in [4.78, 5) is 17.8. The topological polar surface area (TPSA) is 44.8 Å². The second kappa shape index (κ2) is 6.87. The number of amides is 1. The Hall–Kier alpha value is -1.75. The first-order valence-electron chi connectivity index (χ1n) is 9.63. The van der Waals surface area contributed by atoms with Gasteiger partial charge in [-0.15, -0.1) is 0 Å². The van der Waals surface area contributed by atoms with Gasteiger partial charge in [-0.1, -0.05) is 25.0 Å². The van der Waals surface area contributed by atoms with Crippen LogP contribution in [0.25, 0.3) is 0 Å². The Morgan fingerprint density at radius 1 is 1.20 bits per heavy atom. The van der Waals surface area contributed by atoms with Crippen LogP contribution < -0.4 is 15.0 Å². The first-order valence-corrected chi connectivity index (χ1v) is 9.63. The molecule has 0 radical (unpaired) electrons. The maximum atomic E-state index is 13.4. The Bertz CT molecular complexity index is 627. The largest absolute Gasteiger partial charge is 0.495 e. The van der Waals surface area contributed by atoms with E-state index in [2.05, 4.69) is 21.2 Å². The molecule has 0 unspecified atom stereocenters. The number of anilines is 1. The minimum absolute atomic E-state index is 0.120. The number of carbonyl (C=O) groups excluding carboxylic acids is 1. The van der Waals surface area contributed by atoms with Crippen LogP contribution in [-0.2, 0) is 4.79 Å². The zero-order valence-electron chi connectivity index (χ0n) is 15.2. The van der Waals surface area contributed by atoms with E-state index in [4.69, 9.17) is 4.74 Å². The minimum atomic E-state index is -0.120. The Labute approximate surface area is 150 Å². The zero-order chi connectivity index (χ0) is 17.3. The van der Waals surface area contributed by atoms with Crippen LogP contribution in [0.1, 0.15) is 25.7 Å². The Morgan fingerprint density at radius 3 is 2.80 bits per heavy atom. The van der Waals surface area contributed by atoms with E-state index in [9.17, 15) is 4.79 Å². The number of nitrogens with zero attached hydrogens (tertiary/aromatic N) is 2. The maximum Gasteiger partial charge on any atom is 0.230 e. The number of carbonyl (C=O) groups is 1. The van der Waals surface area contributed by atoms with Gasteiger partial charge >= 0.3 is 0 Å². The zero-order valence-corrected chi connectivity index (χ0v) is 15.2. The molecular weight excluding hydrogens is 314 g/mol. The predicted octanol–water partition coefficient (Wildman–Crippen LogP) is 2.12. The number of rotatable bonds is 3. The minimum Gasteiger partial charge on any atom is -0.495 e. The van der Waals surface area contributed by atoms with E-state index in [1.54, 1.807) is 7.11 Å². The quantitative estimate of drug-likeness (QED) is 0.913. The molecular formula is C20H29N3O2. The highest BCUT2D eigenvalue weighted by molar-refractivity contribution is 5.84. The van der Waals surface area contributed by atoms with Gasteiger partial charge in [0.15, 0.2) is 0 Å². The van der Waals surface area contributed by atoms with Gasteiger partial charge in [-0.3, -0.25) is 4.79 Å². The summed E-state index contributed by atoms with van der Waals surface area (Å²) in [6.07, 6.45) is 4.75. The van der Waals surface area contributed by atoms with E-state index in [0.717, 1.165) is 57.1 Å². The lowest BCUT2D eigenvalue weighted by atomic mass is 9.67. The van der Waals surface area contributed by atoms with Gasteiger partial charge in [-0.05, 0) is 37.4 Å². The molecule has 2 atom stereocenters. The van der Waals surface area contributed by atoms with Crippen molar-refractivity contribution in [3.05, 3.63) is 24.3 Å². The molecule has 3 fully saturated rings. The summed E-state index contributed by atoms with van der Waals surface area (Å²) in [6, 6.07) is 8.15. The summed E-state index contributed by atoms with van der Waals surface area (Å²) in [6.45, 7) is 5.27. The van der Waals surface area contributed by atoms with Gasteiger partial charge < -0.3 is 19.9 Å². The number of nitrogens with one attached hydrogen (secondary N) is 1. The normalized spacial score (nSPS) is 29.4. The molecule has 2 aliphatic heterocycles. The molecule has 136 valence electrons. The summed E-state index contributed by atoms with van der Waals surface area (Å²) < 4.78 is 5.49. The molecule has 3 aliphatic rings. The Morgan fingerprint density at radius 2 is 2.00 bits per heavy atom. The van der Waals surface area contributed by atoms with Crippen molar-refractivity contribution in [2.45, 2.75) is 25.7 Å². The van der Waals surface area contributed by atoms with E-state index >= 15 is 0 Å². The highest BCUT2D eigenvalue weighted by Gasteiger charge is 2.51. The molecule has 2 saturated heterocycles. The average molecular weight is 343 g/mol. The van der Waals surface area contributed by atoms with Crippen molar-refractivity contribution in [1.82, 2.24) is 10.2 Å². The number of hydrogen-bond donors (Lipinski definition) is 1. The van der Waals surface area contributed by atoms with Crippen molar-refractivity contribution < 1.29 is 9.53 Å². The smallest absolute Gasteiger partial charge is 0.230 e. The fourth-order valence-electron chi connectivity index (χ4n) is 5.02. The molecule has 2 heterocycles. The second-order valence-electron chi connectivity index (χ2n) is 7.68. The molecule has 1 N–H and O–H groups in total. The summed E-state index contributed by atoms with van der Waals surface area (Å²) >= 11 is 0. The van der Waals surface area contributed by atoms with E-state index in [1.165, 1.54) is 19.3 Å². The van der Waals surface area contributed by atoms with Crippen molar-refractivity contribution in [2.75, 3.05) is 51.3 Å². The Kier molecular flexibility index (Phi) is 4.59. The third-order valence-electron chi connectivity index (χ3n) is 6.46. The lowest BCUT2D eigenvalue weighted by Gasteiger charge is -2.44. The monoisotopic (exact) mass is 343 g/mol. The standard InChI is InChI=1S/C20H29N3O2/c1-25-18-8-3-2-7-17(18)22-10-12-23(13-11-22)19(24)20-9-5-4-6-16(20)14-21-15-20/h2-3,7-8,16,21H,4-6,9-15H2,1H3/t16-,20+/m0/s1. The molecule has 0 bridgehead atoms. The molecule has 4 rings (SSSR count). The van der Waals surface area contributed by atoms with Crippen LogP contribution in [0, 0.1) is 11.3 Å². The van der Waals surface area contributed by atoms with Crippen molar-refractivity contribution in [2.24, 2.45) is 11.3 Å². The van der Waals surface area contributed by atoms with E-state index in [1.807, 2.05) is 18.2 Å². The molecule has 1 aromatic rings. The van der Waals surface area contributed by atoms with Crippen molar-refractivity contribution in [3.8, 4) is 5.75 Å². The average Bonchev–Trinajstić information content (AvgIpc) is 3.13. The third-order valence-corrected chi connectivity index (χ3v) is 6.46. The number of para-hydroxylation sites is 2. The molecule has 5 heteroatoms. The fourth-order valence-corrected chi connectivity index (χ4v) is 5.02. The van der Waals surface area contributed by atoms with Crippen LogP contribution in [-0.4, -0.2) is 57.2 Å². The van der Waals surface area contributed by atoms with E-state index in [0.29, 0.717) is 11.8 Å². The SMILES string of the molecule is COc1ccccc1N1CCN(C(=O)[C@@]23CCCC[C@H]2CNC3)CC1. The molecule has 1 amide bonds. The van der Waals surface area contributed by atoms with Crippen molar-refractivity contribution in [3.63, 3.8) is 0 Å². The maximum absolute atomic E-state index is 13.4. The summed E-state index contributed by atoms with van der Waals surface area (Å²) in [5.74, 6) is 1.86. The third kappa shape index (κ3) is 2.88. The molecule has 0 aromatic heterocycles. The first kappa shape index (κ1) is 16.7. The van der Waals surface area contributed by atoms with Crippen LogP contribution in [0.15, 0.2) is 24.3 Å². The van der Waals surface area contributed by atoms with Crippen LogP contribution in [0.4, 0.5) is 5.69 Å². The van der Waals surface area contributed by atoms with Gasteiger partial charge in [-0.25, -0.2) is 0 Å². The number of benzene rings is 1.